The normalized spacial score (nSPS) is 21.3. The number of carbonyl (C=O) groups is 1. The maximum atomic E-state index is 11.7. The summed E-state index contributed by atoms with van der Waals surface area (Å²) in [4.78, 5) is 17.4. The third-order valence-electron chi connectivity index (χ3n) is 2.78. The number of aromatic nitrogens is 1. The zero-order valence-corrected chi connectivity index (χ0v) is 9.87. The second-order valence-electron chi connectivity index (χ2n) is 4.29. The van der Waals surface area contributed by atoms with Crippen LogP contribution in [0.15, 0.2) is 24.5 Å². The van der Waals surface area contributed by atoms with Crippen molar-refractivity contribution in [1.29, 1.82) is 0 Å². The Morgan fingerprint density at radius 2 is 2.53 bits per heavy atom. The van der Waals surface area contributed by atoms with Gasteiger partial charge in [-0.05, 0) is 19.1 Å². The third kappa shape index (κ3) is 2.94. The Morgan fingerprint density at radius 1 is 1.71 bits per heavy atom. The van der Waals surface area contributed by atoms with E-state index in [1.807, 2.05) is 12.1 Å². The number of rotatable bonds is 3. The fourth-order valence-corrected chi connectivity index (χ4v) is 1.92. The van der Waals surface area contributed by atoms with Crippen molar-refractivity contribution in [2.75, 3.05) is 13.1 Å². The Kier molecular flexibility index (Phi) is 3.58. The molecule has 0 aliphatic carbocycles. The van der Waals surface area contributed by atoms with Gasteiger partial charge in [0.05, 0.1) is 18.8 Å². The van der Waals surface area contributed by atoms with E-state index in [0.29, 0.717) is 13.1 Å². The van der Waals surface area contributed by atoms with Gasteiger partial charge in [0.1, 0.15) is 11.9 Å². The molecule has 92 valence electrons. The van der Waals surface area contributed by atoms with Crippen LogP contribution < -0.4 is 10.5 Å². The van der Waals surface area contributed by atoms with E-state index in [0.717, 1.165) is 12.2 Å². The molecule has 0 radical (unpaired) electrons. The summed E-state index contributed by atoms with van der Waals surface area (Å²) in [7, 11) is 0. The van der Waals surface area contributed by atoms with E-state index < -0.39 is 6.04 Å². The largest absolute Gasteiger partial charge is 0.487 e. The van der Waals surface area contributed by atoms with E-state index in [1.54, 1.807) is 24.2 Å². The number of pyridine rings is 1. The molecule has 2 atom stereocenters. The lowest BCUT2D eigenvalue weighted by Gasteiger charge is -2.18. The topological polar surface area (TPSA) is 68.5 Å². The van der Waals surface area contributed by atoms with Crippen molar-refractivity contribution in [2.45, 2.75) is 25.5 Å². The van der Waals surface area contributed by atoms with Crippen LogP contribution in [-0.4, -0.2) is 41.0 Å². The van der Waals surface area contributed by atoms with Gasteiger partial charge in [-0.25, -0.2) is 0 Å². The monoisotopic (exact) mass is 235 g/mol. The van der Waals surface area contributed by atoms with Crippen molar-refractivity contribution < 1.29 is 9.53 Å². The van der Waals surface area contributed by atoms with Crippen LogP contribution >= 0.6 is 0 Å². The molecule has 0 aromatic carbocycles. The van der Waals surface area contributed by atoms with Gasteiger partial charge in [0, 0.05) is 19.2 Å². The van der Waals surface area contributed by atoms with Crippen molar-refractivity contribution in [2.24, 2.45) is 5.73 Å². The van der Waals surface area contributed by atoms with Crippen LogP contribution in [0.25, 0.3) is 0 Å². The molecule has 0 unspecified atom stereocenters. The van der Waals surface area contributed by atoms with Gasteiger partial charge in [0.2, 0.25) is 5.91 Å². The lowest BCUT2D eigenvalue weighted by atomic mass is 10.3. The highest BCUT2D eigenvalue weighted by molar-refractivity contribution is 5.81. The van der Waals surface area contributed by atoms with Crippen molar-refractivity contribution in [3.8, 4) is 5.75 Å². The van der Waals surface area contributed by atoms with Gasteiger partial charge in [-0.2, -0.15) is 0 Å². The van der Waals surface area contributed by atoms with E-state index in [1.165, 1.54) is 0 Å². The molecule has 2 N–H and O–H groups in total. The summed E-state index contributed by atoms with van der Waals surface area (Å²) >= 11 is 0. The van der Waals surface area contributed by atoms with E-state index in [4.69, 9.17) is 10.5 Å². The first-order valence-electron chi connectivity index (χ1n) is 5.78. The molecule has 2 heterocycles. The van der Waals surface area contributed by atoms with E-state index in [9.17, 15) is 4.79 Å². The van der Waals surface area contributed by atoms with Gasteiger partial charge in [0.25, 0.3) is 0 Å². The van der Waals surface area contributed by atoms with Gasteiger partial charge in [-0.15, -0.1) is 0 Å². The Hall–Kier alpha value is -1.62. The molecule has 1 aromatic rings. The van der Waals surface area contributed by atoms with Gasteiger partial charge >= 0.3 is 0 Å². The SMILES string of the molecule is C[C@H](N)C(=O)N1CC[C@@H](Oc2cccnc2)C1. The molecule has 0 bridgehead atoms. The third-order valence-corrected chi connectivity index (χ3v) is 2.78. The summed E-state index contributed by atoms with van der Waals surface area (Å²) < 4.78 is 5.74. The second-order valence-corrected chi connectivity index (χ2v) is 4.29. The fourth-order valence-electron chi connectivity index (χ4n) is 1.92. The molecular formula is C12H17N3O2. The smallest absolute Gasteiger partial charge is 0.239 e. The number of nitrogens with two attached hydrogens (primary N) is 1. The summed E-state index contributed by atoms with van der Waals surface area (Å²) in [5.74, 6) is 0.731. The maximum Gasteiger partial charge on any atom is 0.239 e. The standard InChI is InChI=1S/C12H17N3O2/c1-9(13)12(16)15-6-4-11(8-15)17-10-3-2-5-14-7-10/h2-3,5,7,9,11H,4,6,8,13H2,1H3/t9-,11+/m0/s1. The molecule has 5 nitrogen and oxygen atoms in total. The molecule has 5 heteroatoms. The van der Waals surface area contributed by atoms with Crippen molar-refractivity contribution >= 4 is 5.91 Å². The van der Waals surface area contributed by atoms with Gasteiger partial charge < -0.3 is 15.4 Å². The molecule has 1 saturated heterocycles. The van der Waals surface area contributed by atoms with Gasteiger partial charge in [0.15, 0.2) is 0 Å². The Bertz CT molecular complexity index is 381. The van der Waals surface area contributed by atoms with Crippen LogP contribution in [0.5, 0.6) is 5.75 Å². The van der Waals surface area contributed by atoms with Crippen LogP contribution in [-0.2, 0) is 4.79 Å². The van der Waals surface area contributed by atoms with E-state index >= 15 is 0 Å². The molecule has 0 saturated carbocycles. The number of ether oxygens (including phenoxy) is 1. The van der Waals surface area contributed by atoms with Crippen molar-refractivity contribution in [3.05, 3.63) is 24.5 Å². The lowest BCUT2D eigenvalue weighted by molar-refractivity contribution is -0.131. The average molecular weight is 235 g/mol. The number of amides is 1. The first-order valence-corrected chi connectivity index (χ1v) is 5.78. The average Bonchev–Trinajstić information content (AvgIpc) is 2.77. The summed E-state index contributed by atoms with van der Waals surface area (Å²) in [5, 5.41) is 0. The molecule has 17 heavy (non-hydrogen) atoms. The maximum absolute atomic E-state index is 11.7. The number of likely N-dealkylation sites (tertiary alicyclic amines) is 1. The van der Waals surface area contributed by atoms with Crippen LogP contribution in [0.2, 0.25) is 0 Å². The minimum absolute atomic E-state index is 0.0118. The summed E-state index contributed by atoms with van der Waals surface area (Å²) in [6.07, 6.45) is 4.26. The summed E-state index contributed by atoms with van der Waals surface area (Å²) in [6.45, 7) is 3.03. The molecule has 1 aliphatic rings. The van der Waals surface area contributed by atoms with E-state index in [2.05, 4.69) is 4.98 Å². The van der Waals surface area contributed by atoms with Gasteiger partial charge in [-0.3, -0.25) is 9.78 Å². The van der Waals surface area contributed by atoms with Crippen molar-refractivity contribution in [3.63, 3.8) is 0 Å². The highest BCUT2D eigenvalue weighted by Gasteiger charge is 2.28. The highest BCUT2D eigenvalue weighted by atomic mass is 16.5. The van der Waals surface area contributed by atoms with Crippen LogP contribution in [0.3, 0.4) is 0 Å². The first kappa shape index (κ1) is 11.9. The Balaban J connectivity index is 1.88. The molecule has 1 fully saturated rings. The minimum Gasteiger partial charge on any atom is -0.487 e. The van der Waals surface area contributed by atoms with Crippen LogP contribution in [0.4, 0.5) is 0 Å². The molecular weight excluding hydrogens is 218 g/mol. The van der Waals surface area contributed by atoms with Crippen LogP contribution in [0, 0.1) is 0 Å². The summed E-state index contributed by atoms with van der Waals surface area (Å²) in [5.41, 5.74) is 5.57. The highest BCUT2D eigenvalue weighted by Crippen LogP contribution is 2.17. The van der Waals surface area contributed by atoms with Crippen LogP contribution in [0.1, 0.15) is 13.3 Å². The molecule has 2 rings (SSSR count). The number of nitrogens with zero attached hydrogens (tertiary/aromatic N) is 2. The Morgan fingerprint density at radius 3 is 3.18 bits per heavy atom. The number of hydrogen-bond acceptors (Lipinski definition) is 4. The molecule has 0 spiro atoms. The Labute approximate surface area is 101 Å². The minimum atomic E-state index is -0.438. The second kappa shape index (κ2) is 5.14. The number of carbonyl (C=O) groups excluding carboxylic acids is 1. The first-order chi connectivity index (χ1) is 8.16. The lowest BCUT2D eigenvalue weighted by Crippen LogP contribution is -2.41. The predicted octanol–water partition coefficient (Wildman–Crippen LogP) is 0.408. The van der Waals surface area contributed by atoms with E-state index in [-0.39, 0.29) is 12.0 Å². The predicted molar refractivity (Wildman–Crippen MR) is 63.5 cm³/mol. The fraction of sp³-hybridized carbons (Fsp3) is 0.500. The summed E-state index contributed by atoms with van der Waals surface area (Å²) in [6, 6.07) is 3.25. The molecule has 1 aromatic heterocycles. The van der Waals surface area contributed by atoms with Crippen molar-refractivity contribution in [1.82, 2.24) is 9.88 Å². The van der Waals surface area contributed by atoms with Gasteiger partial charge in [-0.1, -0.05) is 0 Å². The molecule has 1 amide bonds. The molecule has 1 aliphatic heterocycles. The zero-order valence-electron chi connectivity index (χ0n) is 9.87. The quantitative estimate of drug-likeness (QED) is 0.823. The zero-order chi connectivity index (χ0) is 12.3. The number of hydrogen-bond donors (Lipinski definition) is 1.